The van der Waals surface area contributed by atoms with Gasteiger partial charge in [-0.05, 0) is 43.0 Å². The van der Waals surface area contributed by atoms with Crippen molar-refractivity contribution >= 4 is 10.0 Å². The maximum absolute atomic E-state index is 10.9. The second-order valence-corrected chi connectivity index (χ2v) is 5.93. The average Bonchev–Trinajstić information content (AvgIpc) is 2.23. The first-order valence-corrected chi connectivity index (χ1v) is 7.32. The summed E-state index contributed by atoms with van der Waals surface area (Å²) < 4.78 is 29.6. The van der Waals surface area contributed by atoms with E-state index in [0.717, 1.165) is 22.4 Å². The van der Waals surface area contributed by atoms with Crippen LogP contribution in [0.3, 0.4) is 0 Å². The van der Waals surface area contributed by atoms with Gasteiger partial charge in [0.05, 0.1) is 13.4 Å². The summed E-state index contributed by atoms with van der Waals surface area (Å²) in [6, 6.07) is 3.89. The van der Waals surface area contributed by atoms with Crippen molar-refractivity contribution in [2.75, 3.05) is 19.9 Å². The van der Waals surface area contributed by atoms with E-state index >= 15 is 0 Å². The van der Waals surface area contributed by atoms with E-state index < -0.39 is 10.0 Å². The Morgan fingerprint density at radius 2 is 1.88 bits per heavy atom. The number of benzene rings is 1. The zero-order chi connectivity index (χ0) is 13.1. The lowest BCUT2D eigenvalue weighted by atomic mass is 10.0. The molecule has 1 N–H and O–H groups in total. The second kappa shape index (κ2) is 5.51. The molecule has 0 aliphatic rings. The molecule has 1 aromatic carbocycles. The molecule has 0 atom stereocenters. The van der Waals surface area contributed by atoms with Crippen LogP contribution in [0.15, 0.2) is 12.1 Å². The second-order valence-electron chi connectivity index (χ2n) is 4.09. The van der Waals surface area contributed by atoms with Crippen molar-refractivity contribution in [3.05, 3.63) is 28.8 Å². The van der Waals surface area contributed by atoms with Gasteiger partial charge in [0.2, 0.25) is 10.0 Å². The molecule has 0 unspecified atom stereocenters. The number of hydrogen-bond donors (Lipinski definition) is 1. The lowest BCUT2D eigenvalue weighted by Gasteiger charge is -2.12. The SMILES string of the molecule is COc1ccc(CCNS(C)(=O)=O)c(C)c1C. The summed E-state index contributed by atoms with van der Waals surface area (Å²) in [6.07, 6.45) is 1.85. The fourth-order valence-corrected chi connectivity index (χ4v) is 2.19. The summed E-state index contributed by atoms with van der Waals surface area (Å²) in [5.41, 5.74) is 3.39. The maximum Gasteiger partial charge on any atom is 0.208 e. The molecule has 0 aromatic heterocycles. The van der Waals surface area contributed by atoms with Crippen LogP contribution in [0.1, 0.15) is 16.7 Å². The number of ether oxygens (including phenoxy) is 1. The minimum absolute atomic E-state index is 0.422. The highest BCUT2D eigenvalue weighted by atomic mass is 32.2. The quantitative estimate of drug-likeness (QED) is 0.867. The largest absolute Gasteiger partial charge is 0.496 e. The number of nitrogens with one attached hydrogen (secondary N) is 1. The predicted octanol–water partition coefficient (Wildman–Crippen LogP) is 1.40. The Bertz CT molecular complexity index is 495. The summed E-state index contributed by atoms with van der Waals surface area (Å²) >= 11 is 0. The Balaban J connectivity index is 2.76. The molecule has 96 valence electrons. The molecule has 0 aliphatic carbocycles. The van der Waals surface area contributed by atoms with Gasteiger partial charge < -0.3 is 4.74 Å². The molecule has 4 nitrogen and oxygen atoms in total. The van der Waals surface area contributed by atoms with Gasteiger partial charge in [0.1, 0.15) is 5.75 Å². The topological polar surface area (TPSA) is 55.4 Å². The van der Waals surface area contributed by atoms with Crippen LogP contribution in [0.25, 0.3) is 0 Å². The minimum atomic E-state index is -3.10. The van der Waals surface area contributed by atoms with E-state index in [2.05, 4.69) is 4.72 Å². The first-order chi connectivity index (χ1) is 7.85. The third kappa shape index (κ3) is 4.02. The first-order valence-electron chi connectivity index (χ1n) is 5.43. The number of rotatable bonds is 5. The maximum atomic E-state index is 10.9. The summed E-state index contributed by atoms with van der Waals surface area (Å²) in [7, 11) is -1.46. The number of hydrogen-bond acceptors (Lipinski definition) is 3. The van der Waals surface area contributed by atoms with E-state index in [1.165, 1.54) is 6.26 Å². The standard InChI is InChI=1S/C12H19NO3S/c1-9-10(2)12(16-3)6-5-11(9)7-8-13-17(4,14)15/h5-6,13H,7-8H2,1-4H3. The van der Waals surface area contributed by atoms with E-state index in [1.54, 1.807) is 7.11 Å². The van der Waals surface area contributed by atoms with Gasteiger partial charge in [0.25, 0.3) is 0 Å². The molecule has 0 saturated carbocycles. The van der Waals surface area contributed by atoms with Gasteiger partial charge in [0.15, 0.2) is 0 Å². The molecule has 17 heavy (non-hydrogen) atoms. The molecule has 0 saturated heterocycles. The van der Waals surface area contributed by atoms with Crippen LogP contribution in [0.2, 0.25) is 0 Å². The van der Waals surface area contributed by atoms with Crippen LogP contribution >= 0.6 is 0 Å². The lowest BCUT2D eigenvalue weighted by Crippen LogP contribution is -2.24. The minimum Gasteiger partial charge on any atom is -0.496 e. The van der Waals surface area contributed by atoms with Crippen LogP contribution in [0, 0.1) is 13.8 Å². The first kappa shape index (κ1) is 14.0. The smallest absolute Gasteiger partial charge is 0.208 e. The van der Waals surface area contributed by atoms with Gasteiger partial charge in [-0.3, -0.25) is 0 Å². The fraction of sp³-hybridized carbons (Fsp3) is 0.500. The van der Waals surface area contributed by atoms with Crippen LogP contribution in [0.4, 0.5) is 0 Å². The van der Waals surface area contributed by atoms with E-state index in [0.29, 0.717) is 13.0 Å². The van der Waals surface area contributed by atoms with Gasteiger partial charge in [0, 0.05) is 6.54 Å². The van der Waals surface area contributed by atoms with Gasteiger partial charge in [-0.2, -0.15) is 0 Å². The Morgan fingerprint density at radius 3 is 2.41 bits per heavy atom. The Morgan fingerprint density at radius 1 is 1.24 bits per heavy atom. The highest BCUT2D eigenvalue weighted by molar-refractivity contribution is 7.88. The summed E-state index contributed by atoms with van der Waals surface area (Å²) in [5, 5.41) is 0. The van der Waals surface area contributed by atoms with Crippen molar-refractivity contribution < 1.29 is 13.2 Å². The van der Waals surface area contributed by atoms with E-state index in [1.807, 2.05) is 26.0 Å². The third-order valence-corrected chi connectivity index (χ3v) is 3.56. The van der Waals surface area contributed by atoms with Gasteiger partial charge >= 0.3 is 0 Å². The van der Waals surface area contributed by atoms with Gasteiger partial charge in [-0.25, -0.2) is 13.1 Å². The van der Waals surface area contributed by atoms with Crippen molar-refractivity contribution in [1.82, 2.24) is 4.72 Å². The Hall–Kier alpha value is -1.07. The molecule has 0 radical (unpaired) electrons. The Labute approximate surface area is 103 Å². The molecule has 0 spiro atoms. The van der Waals surface area contributed by atoms with Crippen molar-refractivity contribution in [2.24, 2.45) is 0 Å². The lowest BCUT2D eigenvalue weighted by molar-refractivity contribution is 0.411. The molecule has 1 rings (SSSR count). The number of methoxy groups -OCH3 is 1. The highest BCUT2D eigenvalue weighted by Crippen LogP contribution is 2.23. The van der Waals surface area contributed by atoms with E-state index in [-0.39, 0.29) is 0 Å². The van der Waals surface area contributed by atoms with Gasteiger partial charge in [-0.1, -0.05) is 6.07 Å². The fourth-order valence-electron chi connectivity index (χ4n) is 1.71. The van der Waals surface area contributed by atoms with E-state index in [9.17, 15) is 8.42 Å². The predicted molar refractivity (Wildman–Crippen MR) is 69.0 cm³/mol. The Kier molecular flexibility index (Phi) is 4.54. The normalized spacial score (nSPS) is 11.5. The average molecular weight is 257 g/mol. The molecule has 0 amide bonds. The summed E-state index contributed by atoms with van der Waals surface area (Å²) in [6.45, 7) is 4.45. The van der Waals surface area contributed by atoms with Crippen LogP contribution < -0.4 is 9.46 Å². The number of sulfonamides is 1. The molecule has 1 aromatic rings. The third-order valence-electron chi connectivity index (χ3n) is 2.83. The molecular formula is C12H19NO3S. The van der Waals surface area contributed by atoms with Crippen LogP contribution in [-0.4, -0.2) is 28.3 Å². The molecule has 0 heterocycles. The van der Waals surface area contributed by atoms with Crippen molar-refractivity contribution in [3.63, 3.8) is 0 Å². The van der Waals surface area contributed by atoms with Gasteiger partial charge in [-0.15, -0.1) is 0 Å². The molecular weight excluding hydrogens is 238 g/mol. The molecule has 0 fully saturated rings. The zero-order valence-corrected chi connectivity index (χ0v) is 11.5. The molecule has 0 bridgehead atoms. The van der Waals surface area contributed by atoms with Crippen molar-refractivity contribution in [2.45, 2.75) is 20.3 Å². The molecule has 5 heteroatoms. The summed E-state index contributed by atoms with van der Waals surface area (Å²) in [4.78, 5) is 0. The molecule has 0 aliphatic heterocycles. The monoisotopic (exact) mass is 257 g/mol. The van der Waals surface area contributed by atoms with Crippen molar-refractivity contribution in [1.29, 1.82) is 0 Å². The van der Waals surface area contributed by atoms with E-state index in [4.69, 9.17) is 4.74 Å². The van der Waals surface area contributed by atoms with Crippen LogP contribution in [0.5, 0.6) is 5.75 Å². The zero-order valence-electron chi connectivity index (χ0n) is 10.7. The van der Waals surface area contributed by atoms with Crippen molar-refractivity contribution in [3.8, 4) is 5.75 Å². The highest BCUT2D eigenvalue weighted by Gasteiger charge is 2.07. The summed E-state index contributed by atoms with van der Waals surface area (Å²) in [5.74, 6) is 0.863. The van der Waals surface area contributed by atoms with Crippen LogP contribution in [-0.2, 0) is 16.4 Å².